The first-order valence-corrected chi connectivity index (χ1v) is 7.94. The molecule has 0 saturated carbocycles. The highest BCUT2D eigenvalue weighted by atomic mass is 32.1. The predicted molar refractivity (Wildman–Crippen MR) is 89.4 cm³/mol. The SMILES string of the molecule is CCOC(=O)Cc1csc(NN=Cc2cccc(CC#N)c2)n1. The summed E-state index contributed by atoms with van der Waals surface area (Å²) in [5.41, 5.74) is 5.33. The normalized spacial score (nSPS) is 10.4. The highest BCUT2D eigenvalue weighted by Crippen LogP contribution is 2.16. The lowest BCUT2D eigenvalue weighted by Crippen LogP contribution is -2.07. The van der Waals surface area contributed by atoms with Crippen LogP contribution in [-0.2, 0) is 22.4 Å². The van der Waals surface area contributed by atoms with Crippen LogP contribution in [-0.4, -0.2) is 23.8 Å². The molecule has 0 aliphatic carbocycles. The van der Waals surface area contributed by atoms with Crippen LogP contribution in [0.25, 0.3) is 0 Å². The van der Waals surface area contributed by atoms with E-state index >= 15 is 0 Å². The molecule has 23 heavy (non-hydrogen) atoms. The first kappa shape index (κ1) is 16.6. The van der Waals surface area contributed by atoms with E-state index in [0.29, 0.717) is 23.9 Å². The third-order valence-corrected chi connectivity index (χ3v) is 3.59. The van der Waals surface area contributed by atoms with Gasteiger partial charge in [-0.1, -0.05) is 18.2 Å². The summed E-state index contributed by atoms with van der Waals surface area (Å²) in [7, 11) is 0. The number of anilines is 1. The Morgan fingerprint density at radius 2 is 2.43 bits per heavy atom. The van der Waals surface area contributed by atoms with Crippen LogP contribution < -0.4 is 5.43 Å². The zero-order valence-corrected chi connectivity index (χ0v) is 13.5. The fourth-order valence-corrected chi connectivity index (χ4v) is 2.50. The minimum Gasteiger partial charge on any atom is -0.466 e. The summed E-state index contributed by atoms with van der Waals surface area (Å²) in [6.45, 7) is 2.13. The lowest BCUT2D eigenvalue weighted by atomic mass is 10.1. The molecule has 0 bridgehead atoms. The van der Waals surface area contributed by atoms with Gasteiger partial charge in [-0.25, -0.2) is 4.98 Å². The van der Waals surface area contributed by atoms with Crippen molar-refractivity contribution in [2.24, 2.45) is 5.10 Å². The summed E-state index contributed by atoms with van der Waals surface area (Å²) in [6, 6.07) is 9.71. The van der Waals surface area contributed by atoms with Crippen LogP contribution in [0.4, 0.5) is 5.13 Å². The molecule has 118 valence electrons. The highest BCUT2D eigenvalue weighted by molar-refractivity contribution is 7.13. The van der Waals surface area contributed by atoms with Crippen LogP contribution in [0.2, 0.25) is 0 Å². The largest absolute Gasteiger partial charge is 0.466 e. The quantitative estimate of drug-likeness (QED) is 0.480. The van der Waals surface area contributed by atoms with E-state index < -0.39 is 0 Å². The molecule has 1 heterocycles. The number of nitrogens with zero attached hydrogens (tertiary/aromatic N) is 3. The van der Waals surface area contributed by atoms with E-state index in [4.69, 9.17) is 10.00 Å². The third-order valence-electron chi connectivity index (χ3n) is 2.79. The third kappa shape index (κ3) is 5.52. The number of benzene rings is 1. The Balaban J connectivity index is 1.91. The predicted octanol–water partition coefficient (Wildman–Crippen LogP) is 2.76. The van der Waals surface area contributed by atoms with E-state index in [1.165, 1.54) is 11.3 Å². The van der Waals surface area contributed by atoms with Gasteiger partial charge >= 0.3 is 5.97 Å². The summed E-state index contributed by atoms with van der Waals surface area (Å²) in [6.07, 6.45) is 2.19. The van der Waals surface area contributed by atoms with Crippen LogP contribution in [0.1, 0.15) is 23.7 Å². The maximum atomic E-state index is 11.4. The van der Waals surface area contributed by atoms with Gasteiger partial charge in [0.05, 0.1) is 37.4 Å². The maximum Gasteiger partial charge on any atom is 0.311 e. The Bertz CT molecular complexity index is 734. The van der Waals surface area contributed by atoms with Crippen LogP contribution in [0.3, 0.4) is 0 Å². The fraction of sp³-hybridized carbons (Fsp3) is 0.250. The first-order chi connectivity index (χ1) is 11.2. The molecular weight excluding hydrogens is 312 g/mol. The number of carbonyl (C=O) groups excluding carboxylic acids is 1. The van der Waals surface area contributed by atoms with E-state index in [1.54, 1.807) is 18.5 Å². The molecule has 7 heteroatoms. The lowest BCUT2D eigenvalue weighted by molar-refractivity contribution is -0.142. The van der Waals surface area contributed by atoms with Crippen LogP contribution in [0.5, 0.6) is 0 Å². The molecule has 1 N–H and O–H groups in total. The second-order valence-electron chi connectivity index (χ2n) is 4.58. The standard InChI is InChI=1S/C16H16N4O2S/c1-2-22-15(21)9-14-11-23-16(19-14)20-18-10-13-5-3-4-12(8-13)6-7-17/h3-5,8,10-11H,2,6,9H2,1H3,(H,19,20). The van der Waals surface area contributed by atoms with Gasteiger partial charge in [0.25, 0.3) is 0 Å². The Morgan fingerprint density at radius 3 is 3.22 bits per heavy atom. The molecule has 0 unspecified atom stereocenters. The zero-order chi connectivity index (χ0) is 16.5. The van der Waals surface area contributed by atoms with Crippen molar-refractivity contribution in [1.82, 2.24) is 4.98 Å². The monoisotopic (exact) mass is 328 g/mol. The van der Waals surface area contributed by atoms with Gasteiger partial charge in [0.15, 0.2) is 0 Å². The topological polar surface area (TPSA) is 87.4 Å². The summed E-state index contributed by atoms with van der Waals surface area (Å²) in [4.78, 5) is 15.6. The number of rotatable bonds is 7. The Kier molecular flexibility index (Phi) is 6.27. The molecule has 2 aromatic rings. The molecule has 0 aliphatic heterocycles. The first-order valence-electron chi connectivity index (χ1n) is 7.06. The van der Waals surface area contributed by atoms with Gasteiger partial charge in [0.2, 0.25) is 5.13 Å². The van der Waals surface area contributed by atoms with Gasteiger partial charge in [-0.3, -0.25) is 10.2 Å². The number of nitrogens with one attached hydrogen (secondary N) is 1. The number of esters is 1. The van der Waals surface area contributed by atoms with E-state index in [0.717, 1.165) is 11.1 Å². The Hall–Kier alpha value is -2.72. The number of hydrazone groups is 1. The minimum atomic E-state index is -0.290. The van der Waals surface area contributed by atoms with Gasteiger partial charge < -0.3 is 4.74 Å². The molecule has 6 nitrogen and oxygen atoms in total. The molecule has 0 radical (unpaired) electrons. The van der Waals surface area contributed by atoms with E-state index in [-0.39, 0.29) is 12.4 Å². The fourth-order valence-electron chi connectivity index (χ4n) is 1.84. The number of carbonyl (C=O) groups is 1. The molecule has 0 aliphatic rings. The summed E-state index contributed by atoms with van der Waals surface area (Å²) >= 11 is 1.37. The molecule has 0 spiro atoms. The molecule has 0 saturated heterocycles. The number of ether oxygens (including phenoxy) is 1. The average Bonchev–Trinajstić information content (AvgIpc) is 2.95. The number of thiazole rings is 1. The van der Waals surface area contributed by atoms with Crippen molar-refractivity contribution in [2.45, 2.75) is 19.8 Å². The van der Waals surface area contributed by atoms with Gasteiger partial charge in [-0.15, -0.1) is 11.3 Å². The van der Waals surface area contributed by atoms with Crippen molar-refractivity contribution in [3.63, 3.8) is 0 Å². The van der Waals surface area contributed by atoms with Gasteiger partial charge in [0, 0.05) is 5.38 Å². The molecule has 1 aromatic carbocycles. The number of hydrogen-bond acceptors (Lipinski definition) is 7. The Morgan fingerprint density at radius 1 is 1.57 bits per heavy atom. The van der Waals surface area contributed by atoms with E-state index in [9.17, 15) is 4.79 Å². The van der Waals surface area contributed by atoms with Gasteiger partial charge in [-0.05, 0) is 24.1 Å². The molecular formula is C16H16N4O2S. The van der Waals surface area contributed by atoms with Crippen LogP contribution in [0, 0.1) is 11.3 Å². The Labute approximate surface area is 138 Å². The van der Waals surface area contributed by atoms with Crippen LogP contribution in [0.15, 0.2) is 34.7 Å². The van der Waals surface area contributed by atoms with Crippen molar-refractivity contribution in [1.29, 1.82) is 5.26 Å². The zero-order valence-electron chi connectivity index (χ0n) is 12.7. The summed E-state index contributed by atoms with van der Waals surface area (Å²) < 4.78 is 4.88. The van der Waals surface area contributed by atoms with Crippen molar-refractivity contribution >= 4 is 28.7 Å². The highest BCUT2D eigenvalue weighted by Gasteiger charge is 2.07. The van der Waals surface area contributed by atoms with Crippen LogP contribution >= 0.6 is 11.3 Å². The number of hydrogen-bond donors (Lipinski definition) is 1. The summed E-state index contributed by atoms with van der Waals surface area (Å²) in [5, 5.41) is 15.2. The van der Waals surface area contributed by atoms with E-state index in [2.05, 4.69) is 21.6 Å². The lowest BCUT2D eigenvalue weighted by Gasteiger charge is -1.98. The van der Waals surface area contributed by atoms with Crippen molar-refractivity contribution in [3.05, 3.63) is 46.5 Å². The van der Waals surface area contributed by atoms with Gasteiger partial charge in [-0.2, -0.15) is 10.4 Å². The smallest absolute Gasteiger partial charge is 0.311 e. The maximum absolute atomic E-state index is 11.4. The summed E-state index contributed by atoms with van der Waals surface area (Å²) in [5.74, 6) is -0.290. The minimum absolute atomic E-state index is 0.159. The molecule has 0 fully saturated rings. The second-order valence-corrected chi connectivity index (χ2v) is 5.43. The van der Waals surface area contributed by atoms with Crippen molar-refractivity contribution in [2.75, 3.05) is 12.0 Å². The number of aromatic nitrogens is 1. The average molecular weight is 328 g/mol. The molecule has 0 amide bonds. The number of nitriles is 1. The second kappa shape index (κ2) is 8.66. The molecule has 0 atom stereocenters. The van der Waals surface area contributed by atoms with Crippen molar-refractivity contribution in [3.8, 4) is 6.07 Å². The van der Waals surface area contributed by atoms with Gasteiger partial charge in [0.1, 0.15) is 0 Å². The van der Waals surface area contributed by atoms with Crippen molar-refractivity contribution < 1.29 is 9.53 Å². The molecule has 2 rings (SSSR count). The molecule has 1 aromatic heterocycles. The van der Waals surface area contributed by atoms with E-state index in [1.807, 2.05) is 24.3 Å².